The van der Waals surface area contributed by atoms with Gasteiger partial charge in [0.25, 0.3) is 5.91 Å². The molecule has 29 heavy (non-hydrogen) atoms. The lowest BCUT2D eigenvalue weighted by Gasteiger charge is -2.31. The van der Waals surface area contributed by atoms with E-state index in [0.29, 0.717) is 38.4 Å². The van der Waals surface area contributed by atoms with E-state index in [1.54, 1.807) is 24.0 Å². The summed E-state index contributed by atoms with van der Waals surface area (Å²) in [7, 11) is 0. The van der Waals surface area contributed by atoms with Crippen LogP contribution < -0.4 is 10.6 Å². The lowest BCUT2D eigenvalue weighted by molar-refractivity contribution is 0.0856. The minimum atomic E-state index is -0.296. The van der Waals surface area contributed by atoms with Gasteiger partial charge in [0.15, 0.2) is 11.5 Å². The van der Waals surface area contributed by atoms with E-state index in [9.17, 15) is 9.59 Å². The molecule has 0 atom stereocenters. The third-order valence-electron chi connectivity index (χ3n) is 4.89. The summed E-state index contributed by atoms with van der Waals surface area (Å²) in [5.74, 6) is 0.319. The van der Waals surface area contributed by atoms with Crippen LogP contribution in [0.4, 0.5) is 16.3 Å². The molecule has 3 rings (SSSR count). The first-order chi connectivity index (χ1) is 14.1. The number of carbonyl (C=O) groups is 2. The minimum Gasteiger partial charge on any atom is -0.450 e. The first-order valence-electron chi connectivity index (χ1n) is 10.0. The molecule has 1 aliphatic rings. The second-order valence-corrected chi connectivity index (χ2v) is 6.91. The summed E-state index contributed by atoms with van der Waals surface area (Å²) < 4.78 is 5.01. The molecule has 1 aromatic heterocycles. The monoisotopic (exact) mass is 397 g/mol. The molecule has 0 bridgehead atoms. The molecule has 2 amide bonds. The van der Waals surface area contributed by atoms with Crippen molar-refractivity contribution in [1.29, 1.82) is 0 Å². The number of hydrogen-bond acceptors (Lipinski definition) is 6. The summed E-state index contributed by atoms with van der Waals surface area (Å²) in [5.41, 5.74) is 2.45. The topological polar surface area (TPSA) is 96.5 Å². The van der Waals surface area contributed by atoms with Crippen LogP contribution in [-0.2, 0) is 11.2 Å². The van der Waals surface area contributed by atoms with Crippen LogP contribution in [0.25, 0.3) is 0 Å². The van der Waals surface area contributed by atoms with E-state index in [0.717, 1.165) is 12.1 Å². The number of nitrogens with one attached hydrogen (secondary N) is 2. The molecular weight excluding hydrogens is 370 g/mol. The van der Waals surface area contributed by atoms with Crippen LogP contribution in [0.2, 0.25) is 0 Å². The number of piperidine rings is 1. The zero-order valence-corrected chi connectivity index (χ0v) is 16.9. The van der Waals surface area contributed by atoms with Crippen molar-refractivity contribution in [3.63, 3.8) is 0 Å². The smallest absolute Gasteiger partial charge is 0.409 e. The van der Waals surface area contributed by atoms with Crippen LogP contribution in [-0.4, -0.2) is 52.8 Å². The van der Waals surface area contributed by atoms with Crippen LogP contribution in [0, 0.1) is 0 Å². The molecule has 1 aliphatic heterocycles. The average molecular weight is 397 g/mol. The number of aromatic nitrogens is 2. The summed E-state index contributed by atoms with van der Waals surface area (Å²) in [6, 6.07) is 11.5. The molecule has 1 fully saturated rings. The Hall–Kier alpha value is -3.16. The SMILES string of the molecule is CCOC(=O)N1CCC(NC(=O)c2ccc(Nc3ccc(CC)cc3)nn2)CC1. The molecule has 8 nitrogen and oxygen atoms in total. The Bertz CT molecular complexity index is 815. The van der Waals surface area contributed by atoms with Crippen molar-refractivity contribution >= 4 is 23.5 Å². The Morgan fingerprint density at radius 1 is 1.07 bits per heavy atom. The van der Waals surface area contributed by atoms with Crippen LogP contribution in [0.3, 0.4) is 0 Å². The lowest BCUT2D eigenvalue weighted by Crippen LogP contribution is -2.46. The van der Waals surface area contributed by atoms with E-state index in [2.05, 4.69) is 39.9 Å². The van der Waals surface area contributed by atoms with Crippen molar-refractivity contribution in [3.8, 4) is 0 Å². The van der Waals surface area contributed by atoms with Crippen molar-refractivity contribution in [3.05, 3.63) is 47.7 Å². The molecule has 0 unspecified atom stereocenters. The number of anilines is 2. The van der Waals surface area contributed by atoms with Gasteiger partial charge >= 0.3 is 6.09 Å². The van der Waals surface area contributed by atoms with E-state index in [4.69, 9.17) is 4.74 Å². The summed E-state index contributed by atoms with van der Waals surface area (Å²) >= 11 is 0. The number of ether oxygens (including phenoxy) is 1. The van der Waals surface area contributed by atoms with Gasteiger partial charge in [-0.2, -0.15) is 0 Å². The Kier molecular flexibility index (Phi) is 6.99. The van der Waals surface area contributed by atoms with Gasteiger partial charge in [0, 0.05) is 24.8 Å². The molecule has 8 heteroatoms. The van der Waals surface area contributed by atoms with Gasteiger partial charge in [-0.1, -0.05) is 19.1 Å². The van der Waals surface area contributed by atoms with Crippen LogP contribution in [0.5, 0.6) is 0 Å². The third-order valence-corrected chi connectivity index (χ3v) is 4.89. The van der Waals surface area contributed by atoms with E-state index in [-0.39, 0.29) is 23.7 Å². The van der Waals surface area contributed by atoms with Gasteiger partial charge in [-0.25, -0.2) is 4.79 Å². The third kappa shape index (κ3) is 5.66. The molecule has 1 aromatic carbocycles. The van der Waals surface area contributed by atoms with Crippen molar-refractivity contribution in [2.75, 3.05) is 25.0 Å². The van der Waals surface area contributed by atoms with Gasteiger partial charge in [0.05, 0.1) is 6.61 Å². The molecule has 0 radical (unpaired) electrons. The van der Waals surface area contributed by atoms with E-state index >= 15 is 0 Å². The number of nitrogens with zero attached hydrogens (tertiary/aromatic N) is 3. The first kappa shape index (κ1) is 20.6. The second kappa shape index (κ2) is 9.86. The quantitative estimate of drug-likeness (QED) is 0.777. The maximum absolute atomic E-state index is 12.4. The van der Waals surface area contributed by atoms with E-state index in [1.165, 1.54) is 5.56 Å². The molecule has 0 aliphatic carbocycles. The molecule has 2 N–H and O–H groups in total. The number of hydrogen-bond donors (Lipinski definition) is 2. The van der Waals surface area contributed by atoms with Gasteiger partial charge in [-0.05, 0) is 56.0 Å². The number of aryl methyl sites for hydroxylation is 1. The number of rotatable bonds is 6. The summed E-state index contributed by atoms with van der Waals surface area (Å²) in [4.78, 5) is 25.8. The highest BCUT2D eigenvalue weighted by molar-refractivity contribution is 5.92. The van der Waals surface area contributed by atoms with Crippen LogP contribution >= 0.6 is 0 Å². The summed E-state index contributed by atoms with van der Waals surface area (Å²) in [6.07, 6.45) is 2.07. The van der Waals surface area contributed by atoms with Crippen molar-refractivity contribution in [1.82, 2.24) is 20.4 Å². The zero-order chi connectivity index (χ0) is 20.6. The fraction of sp³-hybridized carbons (Fsp3) is 0.429. The number of benzene rings is 1. The van der Waals surface area contributed by atoms with Gasteiger partial charge < -0.3 is 20.3 Å². The fourth-order valence-electron chi connectivity index (χ4n) is 3.17. The predicted octanol–water partition coefficient (Wildman–Crippen LogP) is 3.13. The molecule has 0 spiro atoms. The Balaban J connectivity index is 1.49. The fourth-order valence-corrected chi connectivity index (χ4v) is 3.17. The van der Waals surface area contributed by atoms with Crippen molar-refractivity contribution in [2.45, 2.75) is 39.2 Å². The highest BCUT2D eigenvalue weighted by atomic mass is 16.6. The zero-order valence-electron chi connectivity index (χ0n) is 16.9. The van der Waals surface area contributed by atoms with Crippen molar-refractivity contribution in [2.24, 2.45) is 0 Å². The summed E-state index contributed by atoms with van der Waals surface area (Å²) in [5, 5.41) is 14.3. The standard InChI is InChI=1S/C21H27N5O3/c1-3-15-5-7-16(8-6-15)22-19-10-9-18(24-25-19)20(27)23-17-11-13-26(14-12-17)21(28)29-4-2/h5-10,17H,3-4,11-14H2,1-2H3,(H,22,25)(H,23,27). The number of amides is 2. The number of carbonyl (C=O) groups excluding carboxylic acids is 2. The molecule has 2 heterocycles. The second-order valence-electron chi connectivity index (χ2n) is 6.91. The highest BCUT2D eigenvalue weighted by Crippen LogP contribution is 2.16. The van der Waals surface area contributed by atoms with Crippen LogP contribution in [0.15, 0.2) is 36.4 Å². The maximum atomic E-state index is 12.4. The van der Waals surface area contributed by atoms with Crippen molar-refractivity contribution < 1.29 is 14.3 Å². The van der Waals surface area contributed by atoms with Gasteiger partial charge in [0.1, 0.15) is 0 Å². The normalized spacial score (nSPS) is 14.3. The van der Waals surface area contributed by atoms with E-state index < -0.39 is 0 Å². The highest BCUT2D eigenvalue weighted by Gasteiger charge is 2.25. The molecule has 154 valence electrons. The largest absolute Gasteiger partial charge is 0.450 e. The number of likely N-dealkylation sites (tertiary alicyclic amines) is 1. The maximum Gasteiger partial charge on any atom is 0.409 e. The van der Waals surface area contributed by atoms with E-state index in [1.807, 2.05) is 12.1 Å². The summed E-state index contributed by atoms with van der Waals surface area (Å²) in [6.45, 7) is 5.39. The predicted molar refractivity (Wildman–Crippen MR) is 110 cm³/mol. The Labute approximate surface area is 170 Å². The molecule has 1 saturated heterocycles. The molecular formula is C21H27N5O3. The molecule has 2 aromatic rings. The van der Waals surface area contributed by atoms with Gasteiger partial charge in [-0.3, -0.25) is 4.79 Å². The minimum absolute atomic E-state index is 0.00450. The van der Waals surface area contributed by atoms with Gasteiger partial charge in [-0.15, -0.1) is 10.2 Å². The molecule has 0 saturated carbocycles. The Morgan fingerprint density at radius 2 is 1.79 bits per heavy atom. The average Bonchev–Trinajstić information content (AvgIpc) is 2.75. The lowest BCUT2D eigenvalue weighted by atomic mass is 10.1. The first-order valence-corrected chi connectivity index (χ1v) is 10.0. The Morgan fingerprint density at radius 3 is 2.38 bits per heavy atom. The van der Waals surface area contributed by atoms with Gasteiger partial charge in [0.2, 0.25) is 0 Å². The van der Waals surface area contributed by atoms with Crippen LogP contribution in [0.1, 0.15) is 42.7 Å².